The number of fused-ring (bicyclic) bond motifs is 1. The molecule has 0 unspecified atom stereocenters. The summed E-state index contributed by atoms with van der Waals surface area (Å²) >= 11 is 0. The minimum Gasteiger partial charge on any atom is -0.496 e. The van der Waals surface area contributed by atoms with E-state index in [2.05, 4.69) is 27.0 Å². The molecule has 3 N–H and O–H groups in total. The lowest BCUT2D eigenvalue weighted by Gasteiger charge is -2.33. The molecule has 3 aromatic rings. The maximum absolute atomic E-state index is 12.0. The first-order valence-corrected chi connectivity index (χ1v) is 12.1. The van der Waals surface area contributed by atoms with Crippen LogP contribution in [0.25, 0.3) is 10.9 Å². The van der Waals surface area contributed by atoms with Gasteiger partial charge in [0.2, 0.25) is 11.8 Å². The number of hydrogen-bond acceptors (Lipinski definition) is 4. The van der Waals surface area contributed by atoms with Gasteiger partial charge in [0.05, 0.1) is 7.11 Å². The SMILES string of the molecule is CCCC(=O)Nc1ccc(OC)c(CCN2CCC(n3ccc4ccc(C(N)=O)cc43)CC2)c1. The van der Waals surface area contributed by atoms with E-state index in [0.717, 1.165) is 73.2 Å². The van der Waals surface area contributed by atoms with Crippen LogP contribution in [0, 0.1) is 0 Å². The summed E-state index contributed by atoms with van der Waals surface area (Å²) in [5.74, 6) is 0.502. The molecule has 4 rings (SSSR count). The third kappa shape index (κ3) is 5.42. The van der Waals surface area contributed by atoms with Crippen LogP contribution in [0.3, 0.4) is 0 Å². The number of hydrogen-bond donors (Lipinski definition) is 2. The minimum atomic E-state index is -0.395. The molecule has 1 fully saturated rings. The molecule has 180 valence electrons. The Hall–Kier alpha value is -3.32. The summed E-state index contributed by atoms with van der Waals surface area (Å²) in [6, 6.07) is 14.0. The zero-order valence-corrected chi connectivity index (χ0v) is 20.0. The van der Waals surface area contributed by atoms with Crippen LogP contribution in [0.4, 0.5) is 5.69 Å². The van der Waals surface area contributed by atoms with Crippen LogP contribution in [0.2, 0.25) is 0 Å². The Kier molecular flexibility index (Phi) is 7.53. The molecule has 2 amide bonds. The van der Waals surface area contributed by atoms with Gasteiger partial charge in [-0.15, -0.1) is 0 Å². The molecule has 7 heteroatoms. The van der Waals surface area contributed by atoms with Crippen molar-refractivity contribution < 1.29 is 14.3 Å². The van der Waals surface area contributed by atoms with Crippen LogP contribution < -0.4 is 15.8 Å². The highest BCUT2D eigenvalue weighted by atomic mass is 16.5. The molecule has 1 aliphatic heterocycles. The van der Waals surface area contributed by atoms with Gasteiger partial charge in [0, 0.05) is 55.1 Å². The zero-order valence-electron chi connectivity index (χ0n) is 20.0. The molecule has 0 spiro atoms. The Labute approximate surface area is 200 Å². The van der Waals surface area contributed by atoms with Crippen molar-refractivity contribution in [2.75, 3.05) is 32.1 Å². The first kappa shape index (κ1) is 23.8. The number of benzene rings is 2. The monoisotopic (exact) mass is 462 g/mol. The van der Waals surface area contributed by atoms with E-state index in [-0.39, 0.29) is 5.91 Å². The molecule has 7 nitrogen and oxygen atoms in total. The van der Waals surface area contributed by atoms with E-state index in [1.165, 1.54) is 0 Å². The number of carbonyl (C=O) groups is 2. The third-order valence-corrected chi connectivity index (χ3v) is 6.70. The topological polar surface area (TPSA) is 89.6 Å². The Morgan fingerprint density at radius 1 is 1.12 bits per heavy atom. The third-order valence-electron chi connectivity index (χ3n) is 6.70. The van der Waals surface area contributed by atoms with Gasteiger partial charge in [0.25, 0.3) is 0 Å². The lowest BCUT2D eigenvalue weighted by molar-refractivity contribution is -0.116. The number of nitrogens with two attached hydrogens (primary N) is 1. The normalized spacial score (nSPS) is 14.9. The average Bonchev–Trinajstić information content (AvgIpc) is 3.26. The Bertz CT molecular complexity index is 1160. The Balaban J connectivity index is 1.37. The van der Waals surface area contributed by atoms with Crippen molar-refractivity contribution in [3.05, 3.63) is 59.8 Å². The molecule has 2 aromatic carbocycles. The molecule has 1 saturated heterocycles. The lowest BCUT2D eigenvalue weighted by atomic mass is 10.0. The summed E-state index contributed by atoms with van der Waals surface area (Å²) in [6.07, 6.45) is 6.44. The fourth-order valence-corrected chi connectivity index (χ4v) is 4.82. The predicted molar refractivity (Wildman–Crippen MR) is 135 cm³/mol. The van der Waals surface area contributed by atoms with Gasteiger partial charge in [-0.05, 0) is 73.0 Å². The smallest absolute Gasteiger partial charge is 0.248 e. The van der Waals surface area contributed by atoms with Gasteiger partial charge in [-0.25, -0.2) is 0 Å². The fraction of sp³-hybridized carbons (Fsp3) is 0.407. The maximum atomic E-state index is 12.0. The van der Waals surface area contributed by atoms with Crippen molar-refractivity contribution in [3.63, 3.8) is 0 Å². The van der Waals surface area contributed by atoms with E-state index in [9.17, 15) is 9.59 Å². The van der Waals surface area contributed by atoms with Crippen LogP contribution in [-0.2, 0) is 11.2 Å². The summed E-state index contributed by atoms with van der Waals surface area (Å²) in [5, 5.41) is 4.11. The highest BCUT2D eigenvalue weighted by Crippen LogP contribution is 2.29. The summed E-state index contributed by atoms with van der Waals surface area (Å²) in [4.78, 5) is 26.1. The van der Waals surface area contributed by atoms with Gasteiger partial charge in [-0.3, -0.25) is 9.59 Å². The number of primary amides is 1. The lowest BCUT2D eigenvalue weighted by Crippen LogP contribution is -2.35. The predicted octanol–water partition coefficient (Wildman–Crippen LogP) is 4.37. The average molecular weight is 463 g/mol. The summed E-state index contributed by atoms with van der Waals surface area (Å²) in [6.45, 7) is 4.96. The van der Waals surface area contributed by atoms with Crippen LogP contribution in [0.5, 0.6) is 5.75 Å². The number of piperidine rings is 1. The molecule has 1 aromatic heterocycles. The first-order valence-electron chi connectivity index (χ1n) is 12.1. The van der Waals surface area contributed by atoms with E-state index >= 15 is 0 Å². The van der Waals surface area contributed by atoms with Crippen molar-refractivity contribution in [1.82, 2.24) is 9.47 Å². The van der Waals surface area contributed by atoms with Crippen LogP contribution in [0.15, 0.2) is 48.7 Å². The van der Waals surface area contributed by atoms with Crippen molar-refractivity contribution in [3.8, 4) is 5.75 Å². The number of anilines is 1. The van der Waals surface area contributed by atoms with Crippen molar-refractivity contribution in [2.24, 2.45) is 5.73 Å². The minimum absolute atomic E-state index is 0.0428. The standard InChI is InChI=1S/C27H34N4O3/c1-3-4-26(32)29-22-7-8-25(34-2)20(17-22)9-13-30-14-11-23(12-15-30)31-16-10-19-5-6-21(27(28)33)18-24(19)31/h5-8,10,16-18,23H,3-4,9,11-15H2,1-2H3,(H2,28,33)(H,29,32). The Morgan fingerprint density at radius 3 is 2.62 bits per heavy atom. The van der Waals surface area contributed by atoms with Crippen molar-refractivity contribution in [1.29, 1.82) is 0 Å². The first-order chi connectivity index (χ1) is 16.5. The van der Waals surface area contributed by atoms with E-state index in [4.69, 9.17) is 10.5 Å². The molecule has 0 radical (unpaired) electrons. The molecule has 0 atom stereocenters. The highest BCUT2D eigenvalue weighted by molar-refractivity contribution is 5.97. The van der Waals surface area contributed by atoms with E-state index < -0.39 is 5.91 Å². The second kappa shape index (κ2) is 10.7. The van der Waals surface area contributed by atoms with Gasteiger partial charge in [0.15, 0.2) is 0 Å². The summed E-state index contributed by atoms with van der Waals surface area (Å²) in [7, 11) is 1.69. The molecule has 0 bridgehead atoms. The van der Waals surface area contributed by atoms with Crippen molar-refractivity contribution in [2.45, 2.75) is 45.1 Å². The number of likely N-dealkylation sites (tertiary alicyclic amines) is 1. The number of rotatable bonds is 9. The quantitative estimate of drug-likeness (QED) is 0.494. The van der Waals surface area contributed by atoms with Crippen LogP contribution >= 0.6 is 0 Å². The molecular weight excluding hydrogens is 428 g/mol. The molecule has 2 heterocycles. The molecule has 1 aliphatic rings. The van der Waals surface area contributed by atoms with Gasteiger partial charge in [-0.2, -0.15) is 0 Å². The second-order valence-corrected chi connectivity index (χ2v) is 9.01. The fourth-order valence-electron chi connectivity index (χ4n) is 4.82. The maximum Gasteiger partial charge on any atom is 0.248 e. The number of nitrogens with zero attached hydrogens (tertiary/aromatic N) is 2. The number of aromatic nitrogens is 1. The number of amides is 2. The molecular formula is C27H34N4O3. The van der Waals surface area contributed by atoms with Gasteiger partial charge in [-0.1, -0.05) is 13.0 Å². The van der Waals surface area contributed by atoms with E-state index in [1.54, 1.807) is 13.2 Å². The highest BCUT2D eigenvalue weighted by Gasteiger charge is 2.22. The zero-order chi connectivity index (χ0) is 24.1. The van der Waals surface area contributed by atoms with Gasteiger partial charge in [0.1, 0.15) is 5.75 Å². The van der Waals surface area contributed by atoms with E-state index in [0.29, 0.717) is 18.0 Å². The number of carbonyl (C=O) groups excluding carboxylic acids is 2. The second-order valence-electron chi connectivity index (χ2n) is 9.01. The van der Waals surface area contributed by atoms with Crippen molar-refractivity contribution >= 4 is 28.4 Å². The van der Waals surface area contributed by atoms with Gasteiger partial charge < -0.3 is 25.3 Å². The summed E-state index contributed by atoms with van der Waals surface area (Å²) < 4.78 is 7.85. The Morgan fingerprint density at radius 2 is 1.91 bits per heavy atom. The molecule has 34 heavy (non-hydrogen) atoms. The number of nitrogens with one attached hydrogen (secondary N) is 1. The van der Waals surface area contributed by atoms with Crippen LogP contribution in [-0.4, -0.2) is 48.0 Å². The largest absolute Gasteiger partial charge is 0.496 e. The van der Waals surface area contributed by atoms with E-state index in [1.807, 2.05) is 37.3 Å². The number of methoxy groups -OCH3 is 1. The number of ether oxygens (including phenoxy) is 1. The molecule has 0 aliphatic carbocycles. The van der Waals surface area contributed by atoms with Crippen LogP contribution in [0.1, 0.15) is 54.6 Å². The summed E-state index contributed by atoms with van der Waals surface area (Å²) in [5.41, 5.74) is 9.03. The van der Waals surface area contributed by atoms with Gasteiger partial charge >= 0.3 is 0 Å². The molecule has 0 saturated carbocycles.